The molecule has 6 rings (SSSR count). The molecule has 4 heterocycles. The van der Waals surface area contributed by atoms with Crippen molar-refractivity contribution in [3.63, 3.8) is 0 Å². The van der Waals surface area contributed by atoms with E-state index in [-0.39, 0.29) is 36.2 Å². The number of ketones is 1. The number of hydrogen-bond acceptors (Lipinski definition) is 10. The van der Waals surface area contributed by atoms with E-state index in [4.69, 9.17) is 19.2 Å². The van der Waals surface area contributed by atoms with Crippen molar-refractivity contribution < 1.29 is 28.6 Å². The third kappa shape index (κ3) is 6.55. The average molecular weight is 626 g/mol. The maximum absolute atomic E-state index is 14.0. The van der Waals surface area contributed by atoms with Gasteiger partial charge in [0.1, 0.15) is 30.9 Å². The Labute approximate surface area is 262 Å². The van der Waals surface area contributed by atoms with Gasteiger partial charge in [-0.2, -0.15) is 0 Å². The number of nitrogens with one attached hydrogen (secondary N) is 1. The molecule has 0 radical (unpaired) electrons. The zero-order valence-corrected chi connectivity index (χ0v) is 26.4. The molecular formula is C32H43N5O6S. The molecule has 3 aliphatic heterocycles. The Morgan fingerprint density at radius 2 is 1.89 bits per heavy atom. The van der Waals surface area contributed by atoms with Gasteiger partial charge in [-0.3, -0.25) is 19.3 Å². The van der Waals surface area contributed by atoms with Gasteiger partial charge in [-0.1, -0.05) is 25.0 Å². The first-order valence-electron chi connectivity index (χ1n) is 15.9. The van der Waals surface area contributed by atoms with Gasteiger partial charge in [-0.25, -0.2) is 4.98 Å². The SMILES string of the molecule is CCO[C@H]1CN(C(=O)[C@@H](NC(=O)c2ccc(-c3csc(N4CCN(CCOC)CC4)n3)cc2)C2CCCC2)[C@@H]2C(=O)CO[C@@H]12. The molecule has 4 atom stereocenters. The number of thiazole rings is 1. The number of piperazine rings is 1. The van der Waals surface area contributed by atoms with Gasteiger partial charge in [0.2, 0.25) is 5.91 Å². The Kier molecular flexibility index (Phi) is 9.92. The van der Waals surface area contributed by atoms with E-state index in [1.807, 2.05) is 19.1 Å². The first kappa shape index (κ1) is 31.1. The molecule has 1 aromatic carbocycles. The lowest BCUT2D eigenvalue weighted by molar-refractivity contribution is -0.139. The minimum Gasteiger partial charge on any atom is -0.383 e. The van der Waals surface area contributed by atoms with Crippen molar-refractivity contribution in [1.82, 2.24) is 20.1 Å². The monoisotopic (exact) mass is 625 g/mol. The number of amides is 2. The van der Waals surface area contributed by atoms with Crippen LogP contribution < -0.4 is 10.2 Å². The molecular weight excluding hydrogens is 582 g/mol. The highest BCUT2D eigenvalue weighted by Gasteiger charge is 2.54. The van der Waals surface area contributed by atoms with Crippen molar-refractivity contribution in [1.29, 1.82) is 0 Å². The Hall–Kier alpha value is -2.90. The largest absolute Gasteiger partial charge is 0.383 e. The number of fused-ring (bicyclic) bond motifs is 1. The van der Waals surface area contributed by atoms with Crippen LogP contribution in [0.3, 0.4) is 0 Å². The fourth-order valence-electron chi connectivity index (χ4n) is 6.99. The summed E-state index contributed by atoms with van der Waals surface area (Å²) in [6, 6.07) is 6.06. The number of aromatic nitrogens is 1. The number of likely N-dealkylation sites (tertiary alicyclic amines) is 1. The zero-order valence-electron chi connectivity index (χ0n) is 25.6. The summed E-state index contributed by atoms with van der Waals surface area (Å²) >= 11 is 1.64. The summed E-state index contributed by atoms with van der Waals surface area (Å²) in [4.78, 5) is 51.5. The standard InChI is InChI=1S/C32H43N5O6S/c1-3-42-26-18-37(28-25(38)19-43-29(26)28)31(40)27(22-6-4-5-7-22)34-30(39)23-10-8-21(9-11-23)24-20-44-32(33-24)36-14-12-35(13-15-36)16-17-41-2/h8-11,20,22,26-29H,3-7,12-19H2,1-2H3,(H,34,39)/t26-,27-,28+,29-/m0/s1. The molecule has 0 spiro atoms. The highest BCUT2D eigenvalue weighted by Crippen LogP contribution is 2.34. The second-order valence-corrected chi connectivity index (χ2v) is 12.9. The number of Topliss-reactive ketones (excluding diaryl/α,β-unsaturated/α-hetero) is 1. The van der Waals surface area contributed by atoms with Gasteiger partial charge in [0.25, 0.3) is 5.91 Å². The molecule has 1 aromatic heterocycles. The molecule has 1 N–H and O–H groups in total. The van der Waals surface area contributed by atoms with E-state index in [1.54, 1.807) is 35.5 Å². The molecule has 11 nitrogen and oxygen atoms in total. The smallest absolute Gasteiger partial charge is 0.251 e. The molecule has 2 aromatic rings. The van der Waals surface area contributed by atoms with Crippen LogP contribution >= 0.6 is 11.3 Å². The molecule has 12 heteroatoms. The molecule has 4 fully saturated rings. The van der Waals surface area contributed by atoms with Gasteiger partial charge in [-0.05, 0) is 37.8 Å². The average Bonchev–Trinajstić information content (AvgIpc) is 3.86. The Bertz CT molecular complexity index is 1310. The van der Waals surface area contributed by atoms with Gasteiger partial charge in [0.15, 0.2) is 10.9 Å². The lowest BCUT2D eigenvalue weighted by atomic mass is 9.95. The molecule has 1 aliphatic carbocycles. The number of nitrogens with zero attached hydrogens (tertiary/aromatic N) is 4. The second-order valence-electron chi connectivity index (χ2n) is 12.1. The Morgan fingerprint density at radius 1 is 1.14 bits per heavy atom. The van der Waals surface area contributed by atoms with E-state index in [1.165, 1.54) is 0 Å². The van der Waals surface area contributed by atoms with Crippen LogP contribution in [-0.2, 0) is 23.8 Å². The number of anilines is 1. The van der Waals surface area contributed by atoms with E-state index in [9.17, 15) is 14.4 Å². The second kappa shape index (κ2) is 14.0. The number of carbonyl (C=O) groups is 3. The molecule has 238 valence electrons. The third-order valence-electron chi connectivity index (χ3n) is 9.42. The van der Waals surface area contributed by atoms with Crippen molar-refractivity contribution in [3.05, 3.63) is 35.2 Å². The van der Waals surface area contributed by atoms with Gasteiger partial charge in [-0.15, -0.1) is 11.3 Å². The van der Waals surface area contributed by atoms with Gasteiger partial charge in [0.05, 0.1) is 18.8 Å². The Morgan fingerprint density at radius 3 is 2.59 bits per heavy atom. The maximum atomic E-state index is 14.0. The van der Waals surface area contributed by atoms with Gasteiger partial charge >= 0.3 is 0 Å². The predicted molar refractivity (Wildman–Crippen MR) is 167 cm³/mol. The number of ether oxygens (including phenoxy) is 3. The summed E-state index contributed by atoms with van der Waals surface area (Å²) in [6.45, 7) is 8.19. The van der Waals surface area contributed by atoms with Crippen LogP contribution in [0.4, 0.5) is 5.13 Å². The molecule has 44 heavy (non-hydrogen) atoms. The van der Waals surface area contributed by atoms with E-state index in [0.29, 0.717) is 18.7 Å². The lowest BCUT2D eigenvalue weighted by Gasteiger charge is -2.34. The summed E-state index contributed by atoms with van der Waals surface area (Å²) < 4.78 is 16.8. The number of carbonyl (C=O) groups excluding carboxylic acids is 3. The number of benzene rings is 1. The highest BCUT2D eigenvalue weighted by atomic mass is 32.1. The first-order valence-corrected chi connectivity index (χ1v) is 16.7. The van der Waals surface area contributed by atoms with Crippen molar-refractivity contribution >= 4 is 34.1 Å². The van der Waals surface area contributed by atoms with E-state index in [0.717, 1.165) is 81.4 Å². The minimum absolute atomic E-state index is 0.0124. The van der Waals surface area contributed by atoms with E-state index in [2.05, 4.69) is 20.5 Å². The number of methoxy groups -OCH3 is 1. The fourth-order valence-corrected chi connectivity index (χ4v) is 7.88. The first-order chi connectivity index (χ1) is 21.5. The van der Waals surface area contributed by atoms with Crippen LogP contribution in [0.15, 0.2) is 29.6 Å². The lowest BCUT2D eigenvalue weighted by Crippen LogP contribution is -2.54. The summed E-state index contributed by atoms with van der Waals surface area (Å²) in [7, 11) is 1.73. The van der Waals surface area contributed by atoms with Crippen LogP contribution in [0.1, 0.15) is 43.0 Å². The fraction of sp³-hybridized carbons (Fsp3) is 0.625. The molecule has 2 amide bonds. The summed E-state index contributed by atoms with van der Waals surface area (Å²) in [6.07, 6.45) is 2.98. The van der Waals surface area contributed by atoms with E-state index < -0.39 is 18.2 Å². The summed E-state index contributed by atoms with van der Waals surface area (Å²) in [5.74, 6) is -0.583. The normalized spacial score (nSPS) is 25.0. The number of hydrogen-bond donors (Lipinski definition) is 1. The van der Waals surface area contributed by atoms with Crippen LogP contribution in [-0.4, -0.2) is 123 Å². The third-order valence-corrected chi connectivity index (χ3v) is 10.3. The van der Waals surface area contributed by atoms with Crippen molar-refractivity contribution in [2.75, 3.05) is 71.1 Å². The van der Waals surface area contributed by atoms with Crippen molar-refractivity contribution in [3.8, 4) is 11.3 Å². The van der Waals surface area contributed by atoms with Crippen LogP contribution in [0.25, 0.3) is 11.3 Å². The minimum atomic E-state index is -0.699. The quantitative estimate of drug-likeness (QED) is 0.402. The van der Waals surface area contributed by atoms with Crippen LogP contribution in [0, 0.1) is 5.92 Å². The molecule has 0 bridgehead atoms. The van der Waals surface area contributed by atoms with Crippen molar-refractivity contribution in [2.24, 2.45) is 5.92 Å². The molecule has 1 saturated carbocycles. The summed E-state index contributed by atoms with van der Waals surface area (Å²) in [5.41, 5.74) is 2.31. The molecule has 4 aliphatic rings. The van der Waals surface area contributed by atoms with Crippen molar-refractivity contribution in [2.45, 2.75) is 56.9 Å². The number of rotatable bonds is 11. The molecule has 0 unspecified atom stereocenters. The van der Waals surface area contributed by atoms with Gasteiger partial charge < -0.3 is 29.3 Å². The predicted octanol–water partition coefficient (Wildman–Crippen LogP) is 2.45. The van der Waals surface area contributed by atoms with E-state index >= 15 is 0 Å². The van der Waals surface area contributed by atoms with Gasteiger partial charge in [0, 0.05) is 62.9 Å². The topological polar surface area (TPSA) is 114 Å². The Balaban J connectivity index is 1.11. The highest BCUT2D eigenvalue weighted by molar-refractivity contribution is 7.14. The molecule has 3 saturated heterocycles. The zero-order chi connectivity index (χ0) is 30.6. The maximum Gasteiger partial charge on any atom is 0.251 e. The van der Waals surface area contributed by atoms with Crippen LogP contribution in [0.2, 0.25) is 0 Å². The summed E-state index contributed by atoms with van der Waals surface area (Å²) in [5, 5.41) is 6.13. The van der Waals surface area contributed by atoms with Crippen LogP contribution in [0.5, 0.6) is 0 Å².